The van der Waals surface area contributed by atoms with E-state index in [9.17, 15) is 45.3 Å². The van der Waals surface area contributed by atoms with Crippen LogP contribution in [0, 0.1) is 0 Å². The highest BCUT2D eigenvalue weighted by Gasteiger charge is 2.47. The highest BCUT2D eigenvalue weighted by Crippen LogP contribution is 2.26. The van der Waals surface area contributed by atoms with Crippen LogP contribution in [0.3, 0.4) is 0 Å². The van der Waals surface area contributed by atoms with Crippen molar-refractivity contribution in [2.75, 3.05) is 26.4 Å². The fraction of sp³-hybridized carbons (Fsp3) is 0.833. The van der Waals surface area contributed by atoms with Crippen molar-refractivity contribution >= 4 is 11.9 Å². The second-order valence-electron chi connectivity index (χ2n) is 16.9. The summed E-state index contributed by atoms with van der Waals surface area (Å²) in [5, 5.41) is 71.9. The number of aliphatic hydroxyl groups excluding tert-OH is 7. The molecule has 7 N–H and O–H groups in total. The molecule has 0 amide bonds. The number of hydrogen-bond acceptors (Lipinski definition) is 15. The van der Waals surface area contributed by atoms with Crippen molar-refractivity contribution < 1.29 is 73.8 Å². The van der Waals surface area contributed by atoms with Gasteiger partial charge in [0.05, 0.1) is 19.8 Å². The van der Waals surface area contributed by atoms with Crippen LogP contribution in [0.25, 0.3) is 0 Å². The molecule has 0 aromatic carbocycles. The molecule has 11 atom stereocenters. The Morgan fingerprint density at radius 1 is 0.524 bits per heavy atom. The van der Waals surface area contributed by atoms with Crippen molar-refractivity contribution in [1.82, 2.24) is 0 Å². The van der Waals surface area contributed by atoms with Gasteiger partial charge in [0.15, 0.2) is 18.7 Å². The molecular weight excluding hydrogens is 817 g/mol. The molecule has 63 heavy (non-hydrogen) atoms. The van der Waals surface area contributed by atoms with Gasteiger partial charge in [0.1, 0.15) is 55.4 Å². The lowest BCUT2D eigenvalue weighted by Crippen LogP contribution is -2.61. The van der Waals surface area contributed by atoms with Crippen LogP contribution in [0.15, 0.2) is 36.5 Å². The van der Waals surface area contributed by atoms with E-state index in [0.717, 1.165) is 83.5 Å². The number of esters is 2. The van der Waals surface area contributed by atoms with Crippen molar-refractivity contribution in [3.63, 3.8) is 0 Å². The number of rotatable bonds is 36. The molecule has 0 aliphatic carbocycles. The first-order valence-electron chi connectivity index (χ1n) is 24.1. The quantitative estimate of drug-likeness (QED) is 0.0225. The third-order valence-electron chi connectivity index (χ3n) is 11.4. The number of allylic oxidation sites excluding steroid dienone is 6. The highest BCUT2D eigenvalue weighted by molar-refractivity contribution is 5.70. The number of carbonyl (C=O) groups excluding carboxylic acids is 2. The zero-order valence-electron chi connectivity index (χ0n) is 38.3. The van der Waals surface area contributed by atoms with Gasteiger partial charge in [-0.1, -0.05) is 140 Å². The molecule has 0 saturated carbocycles. The number of unbranched alkanes of at least 4 members (excludes halogenated alkanes) is 16. The fourth-order valence-corrected chi connectivity index (χ4v) is 7.41. The molecule has 0 aromatic heterocycles. The summed E-state index contributed by atoms with van der Waals surface area (Å²) in [4.78, 5) is 25.6. The molecule has 2 fully saturated rings. The van der Waals surface area contributed by atoms with Gasteiger partial charge in [-0.05, 0) is 44.9 Å². The minimum atomic E-state index is -1.76. The summed E-state index contributed by atoms with van der Waals surface area (Å²) >= 11 is 0. The third-order valence-corrected chi connectivity index (χ3v) is 11.4. The Bertz CT molecular complexity index is 1240. The second kappa shape index (κ2) is 35.9. The van der Waals surface area contributed by atoms with Crippen molar-refractivity contribution in [3.8, 4) is 0 Å². The van der Waals surface area contributed by atoms with Crippen molar-refractivity contribution in [2.45, 2.75) is 229 Å². The Labute approximate surface area is 376 Å². The minimum absolute atomic E-state index is 0.155. The average molecular weight is 901 g/mol. The Hall–Kier alpha value is -2.28. The van der Waals surface area contributed by atoms with E-state index in [4.69, 9.17) is 28.4 Å². The molecule has 15 nitrogen and oxygen atoms in total. The van der Waals surface area contributed by atoms with Gasteiger partial charge in [0, 0.05) is 12.8 Å². The van der Waals surface area contributed by atoms with Gasteiger partial charge >= 0.3 is 11.9 Å². The van der Waals surface area contributed by atoms with Gasteiger partial charge in [0.2, 0.25) is 0 Å². The van der Waals surface area contributed by atoms with Crippen LogP contribution in [-0.4, -0.2) is 142 Å². The van der Waals surface area contributed by atoms with Crippen LogP contribution < -0.4 is 0 Å². The Morgan fingerprint density at radius 3 is 1.57 bits per heavy atom. The Balaban J connectivity index is 1.83. The fourth-order valence-electron chi connectivity index (χ4n) is 7.41. The molecule has 0 bridgehead atoms. The van der Waals surface area contributed by atoms with Gasteiger partial charge in [-0.2, -0.15) is 0 Å². The molecule has 0 aromatic rings. The van der Waals surface area contributed by atoms with E-state index < -0.39 is 92.7 Å². The average Bonchev–Trinajstić information content (AvgIpc) is 3.28. The van der Waals surface area contributed by atoms with E-state index >= 15 is 0 Å². The maximum absolute atomic E-state index is 13.0. The van der Waals surface area contributed by atoms with Crippen LogP contribution in [-0.2, 0) is 38.0 Å². The maximum Gasteiger partial charge on any atom is 0.306 e. The lowest BCUT2D eigenvalue weighted by Gasteiger charge is -2.42. The molecule has 2 rings (SSSR count). The first-order valence-corrected chi connectivity index (χ1v) is 24.1. The van der Waals surface area contributed by atoms with Crippen LogP contribution in [0.4, 0.5) is 0 Å². The lowest BCUT2D eigenvalue weighted by atomic mass is 9.98. The van der Waals surface area contributed by atoms with E-state index in [2.05, 4.69) is 50.3 Å². The van der Waals surface area contributed by atoms with Crippen LogP contribution in [0.5, 0.6) is 0 Å². The van der Waals surface area contributed by atoms with Gasteiger partial charge in [-0.3, -0.25) is 9.59 Å². The first-order chi connectivity index (χ1) is 30.5. The number of aliphatic hydroxyl groups is 7. The number of ether oxygens (including phenoxy) is 6. The predicted octanol–water partition coefficient (Wildman–Crippen LogP) is 5.76. The SMILES string of the molecule is CC/C=C\C/C=C\C/C=C\CCCCCCCCCC(=O)OC(COC(=O)CCCCCCCCCCCC)COC1OC(COC2OC(CO)C(O)C(O)C2O)C(O)C(O)C1O. The molecule has 2 aliphatic heterocycles. The Morgan fingerprint density at radius 2 is 1.00 bits per heavy atom. The van der Waals surface area contributed by atoms with E-state index in [1.54, 1.807) is 0 Å². The molecule has 0 spiro atoms. The lowest BCUT2D eigenvalue weighted by molar-refractivity contribution is -0.332. The van der Waals surface area contributed by atoms with E-state index in [1.807, 2.05) is 0 Å². The molecular formula is C48H84O15. The summed E-state index contributed by atoms with van der Waals surface area (Å²) < 4.78 is 33.5. The standard InChI is InChI=1S/C48H84O15/c1-3-5-7-9-11-13-15-16-17-18-19-20-21-23-25-27-29-31-40(51)61-36(33-58-39(50)30-28-26-24-22-14-12-10-8-6-4-2)34-59-47-46(57)44(55)42(53)38(63-47)35-60-48-45(56)43(54)41(52)37(32-49)62-48/h5,7,11,13,16-17,36-38,41-49,52-57H,3-4,6,8-10,12,14-15,18-35H2,1-2H3/b7-5-,13-11-,17-16-. The summed E-state index contributed by atoms with van der Waals surface area (Å²) in [6, 6.07) is 0. The van der Waals surface area contributed by atoms with Gasteiger partial charge < -0.3 is 64.2 Å². The summed E-state index contributed by atoms with van der Waals surface area (Å²) in [6.07, 6.45) is 19.0. The summed E-state index contributed by atoms with van der Waals surface area (Å²) in [7, 11) is 0. The molecule has 15 heteroatoms. The van der Waals surface area contributed by atoms with Crippen molar-refractivity contribution in [1.29, 1.82) is 0 Å². The maximum atomic E-state index is 13.0. The third kappa shape index (κ3) is 24.7. The van der Waals surface area contributed by atoms with Gasteiger partial charge in [0.25, 0.3) is 0 Å². The van der Waals surface area contributed by atoms with Crippen LogP contribution >= 0.6 is 0 Å². The molecule has 2 aliphatic rings. The number of carbonyl (C=O) groups is 2. The molecule has 0 radical (unpaired) electrons. The van der Waals surface area contributed by atoms with Crippen LogP contribution in [0.2, 0.25) is 0 Å². The summed E-state index contributed by atoms with van der Waals surface area (Å²) in [5.41, 5.74) is 0. The predicted molar refractivity (Wildman–Crippen MR) is 238 cm³/mol. The van der Waals surface area contributed by atoms with Gasteiger partial charge in [-0.25, -0.2) is 0 Å². The van der Waals surface area contributed by atoms with Gasteiger partial charge in [-0.15, -0.1) is 0 Å². The zero-order chi connectivity index (χ0) is 46.1. The van der Waals surface area contributed by atoms with Crippen molar-refractivity contribution in [2.24, 2.45) is 0 Å². The van der Waals surface area contributed by atoms with Crippen LogP contribution in [0.1, 0.15) is 162 Å². The highest BCUT2D eigenvalue weighted by atomic mass is 16.7. The van der Waals surface area contributed by atoms with E-state index in [-0.39, 0.29) is 26.1 Å². The zero-order valence-corrected chi connectivity index (χ0v) is 38.3. The first kappa shape index (κ1) is 56.8. The van der Waals surface area contributed by atoms with E-state index in [0.29, 0.717) is 12.8 Å². The normalized spacial score (nSPS) is 27.1. The largest absolute Gasteiger partial charge is 0.462 e. The minimum Gasteiger partial charge on any atom is -0.462 e. The smallest absolute Gasteiger partial charge is 0.306 e. The molecule has 366 valence electrons. The second-order valence-corrected chi connectivity index (χ2v) is 16.9. The molecule has 2 saturated heterocycles. The number of hydrogen-bond donors (Lipinski definition) is 7. The topological polar surface area (TPSA) is 231 Å². The Kier molecular flexibility index (Phi) is 32.4. The van der Waals surface area contributed by atoms with Crippen molar-refractivity contribution in [3.05, 3.63) is 36.5 Å². The molecule has 11 unspecified atom stereocenters. The monoisotopic (exact) mass is 901 g/mol. The summed E-state index contributed by atoms with van der Waals surface area (Å²) in [6.45, 7) is 2.44. The molecule has 2 heterocycles. The summed E-state index contributed by atoms with van der Waals surface area (Å²) in [5.74, 6) is -0.938. The van der Waals surface area contributed by atoms with E-state index in [1.165, 1.54) is 38.5 Å².